The molecule has 0 spiro atoms. The lowest BCUT2D eigenvalue weighted by Crippen LogP contribution is -2.05. The van der Waals surface area contributed by atoms with E-state index in [1.165, 1.54) is 96.3 Å². The maximum absolute atomic E-state index is 11.9. The van der Waals surface area contributed by atoms with Crippen molar-refractivity contribution in [3.63, 3.8) is 0 Å². The number of esters is 1. The molecule has 4 nitrogen and oxygen atoms in total. The molecule has 0 radical (unpaired) electrons. The van der Waals surface area contributed by atoms with Crippen molar-refractivity contribution < 1.29 is 19.4 Å². The van der Waals surface area contributed by atoms with Gasteiger partial charge in [0.2, 0.25) is 0 Å². The maximum atomic E-state index is 11.9. The van der Waals surface area contributed by atoms with Gasteiger partial charge in [0.15, 0.2) is 0 Å². The van der Waals surface area contributed by atoms with Crippen molar-refractivity contribution in [3.05, 3.63) is 36.5 Å². The Labute approximate surface area is 248 Å². The highest BCUT2D eigenvalue weighted by molar-refractivity contribution is 5.69. The maximum Gasteiger partial charge on any atom is 0.305 e. The van der Waals surface area contributed by atoms with Gasteiger partial charge in [0.05, 0.1) is 6.61 Å². The van der Waals surface area contributed by atoms with E-state index in [0.29, 0.717) is 19.4 Å². The van der Waals surface area contributed by atoms with E-state index in [4.69, 9.17) is 9.84 Å². The van der Waals surface area contributed by atoms with E-state index >= 15 is 0 Å². The van der Waals surface area contributed by atoms with E-state index in [-0.39, 0.29) is 5.97 Å². The fourth-order valence-electron chi connectivity index (χ4n) is 4.82. The van der Waals surface area contributed by atoms with Gasteiger partial charge in [-0.05, 0) is 51.4 Å². The first-order chi connectivity index (χ1) is 19.7. The molecule has 0 saturated carbocycles. The van der Waals surface area contributed by atoms with E-state index in [2.05, 4.69) is 43.4 Å². The molecule has 0 aromatic rings. The van der Waals surface area contributed by atoms with Gasteiger partial charge in [0.25, 0.3) is 0 Å². The van der Waals surface area contributed by atoms with Gasteiger partial charge < -0.3 is 9.84 Å². The Balaban J connectivity index is 3.23. The Kier molecular flexibility index (Phi) is 31.8. The summed E-state index contributed by atoms with van der Waals surface area (Å²) >= 11 is 0. The summed E-state index contributed by atoms with van der Waals surface area (Å²) in [6.45, 7) is 2.75. The van der Waals surface area contributed by atoms with Crippen LogP contribution in [-0.4, -0.2) is 23.7 Å². The molecule has 0 saturated heterocycles. The monoisotopic (exact) mass is 560 g/mol. The van der Waals surface area contributed by atoms with Crippen LogP contribution < -0.4 is 0 Å². The number of carboxylic acids is 1. The lowest BCUT2D eigenvalue weighted by Gasteiger charge is -2.05. The van der Waals surface area contributed by atoms with Crippen LogP contribution in [0.5, 0.6) is 0 Å². The topological polar surface area (TPSA) is 63.6 Å². The highest BCUT2D eigenvalue weighted by atomic mass is 16.5. The number of hydrogen-bond donors (Lipinski definition) is 1. The second-order valence-corrected chi connectivity index (χ2v) is 11.3. The van der Waals surface area contributed by atoms with Crippen LogP contribution in [-0.2, 0) is 14.3 Å². The lowest BCUT2D eigenvalue weighted by molar-refractivity contribution is -0.144. The third kappa shape index (κ3) is 34.2. The molecule has 0 bridgehead atoms. The van der Waals surface area contributed by atoms with Crippen LogP contribution in [0.4, 0.5) is 0 Å². The standard InChI is InChI=1S/C36H64O4/c1-2-3-4-5-6-7-8-9-11-15-18-21-24-27-30-33-36(39)40-34-31-28-25-22-19-16-13-10-12-14-17-20-23-26-29-32-35(37)38/h3-4,6-7,9,11H,2,5,8,10,12-34H2,1H3,(H,37,38)/b4-3-,7-6-,11-9-. The van der Waals surface area contributed by atoms with Gasteiger partial charge >= 0.3 is 11.9 Å². The summed E-state index contributed by atoms with van der Waals surface area (Å²) in [7, 11) is 0. The van der Waals surface area contributed by atoms with Crippen LogP contribution >= 0.6 is 0 Å². The molecular weight excluding hydrogens is 496 g/mol. The first-order valence-electron chi connectivity index (χ1n) is 17.0. The fourth-order valence-corrected chi connectivity index (χ4v) is 4.82. The number of hydrogen-bond acceptors (Lipinski definition) is 3. The van der Waals surface area contributed by atoms with Crippen molar-refractivity contribution in [2.24, 2.45) is 0 Å². The number of allylic oxidation sites excluding steroid dienone is 6. The molecule has 0 aliphatic carbocycles. The Morgan fingerprint density at radius 3 is 1.40 bits per heavy atom. The third-order valence-corrected chi connectivity index (χ3v) is 7.33. The van der Waals surface area contributed by atoms with Gasteiger partial charge in [0, 0.05) is 12.8 Å². The Morgan fingerprint density at radius 2 is 0.900 bits per heavy atom. The molecule has 0 atom stereocenters. The smallest absolute Gasteiger partial charge is 0.305 e. The largest absolute Gasteiger partial charge is 0.481 e. The lowest BCUT2D eigenvalue weighted by atomic mass is 10.0. The van der Waals surface area contributed by atoms with Crippen molar-refractivity contribution in [2.45, 2.75) is 174 Å². The molecule has 232 valence electrons. The summed E-state index contributed by atoms with van der Waals surface area (Å²) in [6, 6.07) is 0. The third-order valence-electron chi connectivity index (χ3n) is 7.33. The molecule has 1 N–H and O–H groups in total. The Hall–Kier alpha value is -1.84. The number of carbonyl (C=O) groups is 2. The zero-order valence-corrected chi connectivity index (χ0v) is 26.2. The van der Waals surface area contributed by atoms with Gasteiger partial charge in [-0.1, -0.05) is 146 Å². The van der Waals surface area contributed by atoms with Crippen LogP contribution in [0.1, 0.15) is 174 Å². The SMILES string of the molecule is CC/C=C\C/C=C\C/C=C\CCCCCCCC(=O)OCCCCCCCCCCCCCCCCCC(=O)O. The summed E-state index contributed by atoms with van der Waals surface area (Å²) in [5.41, 5.74) is 0. The molecule has 0 heterocycles. The highest BCUT2D eigenvalue weighted by Gasteiger charge is 2.02. The molecule has 0 unspecified atom stereocenters. The molecule has 0 amide bonds. The van der Waals surface area contributed by atoms with Crippen LogP contribution in [0.2, 0.25) is 0 Å². The first-order valence-corrected chi connectivity index (χ1v) is 17.0. The van der Waals surface area contributed by atoms with E-state index in [9.17, 15) is 9.59 Å². The Bertz CT molecular complexity index is 635. The number of aliphatic carboxylic acids is 1. The van der Waals surface area contributed by atoms with Gasteiger partial charge in [-0.25, -0.2) is 0 Å². The normalized spacial score (nSPS) is 11.8. The van der Waals surface area contributed by atoms with Gasteiger partial charge in [-0.2, -0.15) is 0 Å². The minimum atomic E-state index is -0.668. The second kappa shape index (κ2) is 33.4. The molecular formula is C36H64O4. The zero-order chi connectivity index (χ0) is 29.2. The molecule has 0 aromatic heterocycles. The van der Waals surface area contributed by atoms with Gasteiger partial charge in [0.1, 0.15) is 0 Å². The Morgan fingerprint density at radius 1 is 0.500 bits per heavy atom. The first kappa shape index (κ1) is 38.2. The minimum Gasteiger partial charge on any atom is -0.481 e. The summed E-state index contributed by atoms with van der Waals surface area (Å²) in [5, 5.41) is 8.62. The van der Waals surface area contributed by atoms with Crippen molar-refractivity contribution in [3.8, 4) is 0 Å². The minimum absolute atomic E-state index is 0.0145. The molecule has 0 aromatic carbocycles. The van der Waals surface area contributed by atoms with E-state index in [1.807, 2.05) is 0 Å². The summed E-state index contributed by atoms with van der Waals surface area (Å²) in [5.74, 6) is -0.683. The van der Waals surface area contributed by atoms with Crippen molar-refractivity contribution >= 4 is 11.9 Å². The molecule has 0 aliphatic heterocycles. The van der Waals surface area contributed by atoms with E-state index in [1.54, 1.807) is 0 Å². The van der Waals surface area contributed by atoms with Gasteiger partial charge in [-0.15, -0.1) is 0 Å². The number of ether oxygens (including phenoxy) is 1. The van der Waals surface area contributed by atoms with Gasteiger partial charge in [-0.3, -0.25) is 9.59 Å². The molecule has 40 heavy (non-hydrogen) atoms. The predicted molar refractivity (Wildman–Crippen MR) is 172 cm³/mol. The van der Waals surface area contributed by atoms with Crippen molar-refractivity contribution in [2.75, 3.05) is 6.61 Å². The van der Waals surface area contributed by atoms with Crippen molar-refractivity contribution in [1.82, 2.24) is 0 Å². The van der Waals surface area contributed by atoms with E-state index in [0.717, 1.165) is 57.8 Å². The number of rotatable bonds is 31. The summed E-state index contributed by atoms with van der Waals surface area (Å²) in [6.07, 6.45) is 42.9. The quantitative estimate of drug-likeness (QED) is 0.0520. The molecule has 4 heteroatoms. The molecule has 0 fully saturated rings. The average Bonchev–Trinajstić information content (AvgIpc) is 2.94. The average molecular weight is 561 g/mol. The number of carboxylic acid groups (broad SMARTS) is 1. The van der Waals surface area contributed by atoms with Crippen LogP contribution in [0.3, 0.4) is 0 Å². The van der Waals surface area contributed by atoms with Crippen LogP contribution in [0.15, 0.2) is 36.5 Å². The van der Waals surface area contributed by atoms with Crippen LogP contribution in [0.25, 0.3) is 0 Å². The summed E-state index contributed by atoms with van der Waals surface area (Å²) in [4.78, 5) is 22.4. The molecule has 0 rings (SSSR count). The fraction of sp³-hybridized carbons (Fsp3) is 0.778. The molecule has 0 aliphatic rings. The zero-order valence-electron chi connectivity index (χ0n) is 26.2. The summed E-state index contributed by atoms with van der Waals surface area (Å²) < 4.78 is 5.41. The van der Waals surface area contributed by atoms with Crippen molar-refractivity contribution in [1.29, 1.82) is 0 Å². The second-order valence-electron chi connectivity index (χ2n) is 11.3. The van der Waals surface area contributed by atoms with E-state index < -0.39 is 5.97 Å². The predicted octanol–water partition coefficient (Wildman–Crippen LogP) is 11.4. The number of unbranched alkanes of at least 4 members (excludes halogenated alkanes) is 19. The highest BCUT2D eigenvalue weighted by Crippen LogP contribution is 2.14. The number of carbonyl (C=O) groups excluding carboxylic acids is 1. The van der Waals surface area contributed by atoms with Crippen LogP contribution in [0, 0.1) is 0 Å².